The fourth-order valence-corrected chi connectivity index (χ4v) is 3.34. The minimum Gasteiger partial charge on any atom is -0.481 e. The van der Waals surface area contributed by atoms with Crippen LogP contribution < -0.4 is 0 Å². The van der Waals surface area contributed by atoms with Crippen LogP contribution in [0.25, 0.3) is 0 Å². The second kappa shape index (κ2) is 7.20. The van der Waals surface area contributed by atoms with Crippen molar-refractivity contribution in [3.63, 3.8) is 0 Å². The Hall–Kier alpha value is -1.91. The van der Waals surface area contributed by atoms with E-state index in [0.29, 0.717) is 0 Å². The summed E-state index contributed by atoms with van der Waals surface area (Å²) < 4.78 is 26.1. The molecule has 0 fully saturated rings. The summed E-state index contributed by atoms with van der Waals surface area (Å²) in [6.07, 6.45) is 0.216. The van der Waals surface area contributed by atoms with Crippen molar-refractivity contribution < 1.29 is 18.3 Å². The zero-order valence-electron chi connectivity index (χ0n) is 12.0. The van der Waals surface area contributed by atoms with Gasteiger partial charge in [0.15, 0.2) is 0 Å². The number of aliphatic carboxylic acids is 1. The van der Waals surface area contributed by atoms with E-state index in [2.05, 4.69) is 0 Å². The minimum absolute atomic E-state index is 0.0753. The van der Waals surface area contributed by atoms with Gasteiger partial charge in [0.2, 0.25) is 10.0 Å². The number of nitrogens with zero attached hydrogens (tertiary/aromatic N) is 2. The molecule has 1 N–H and O–H groups in total. The molecular weight excluding hydrogens is 292 g/mol. The molecule has 114 valence electrons. The van der Waals surface area contributed by atoms with Gasteiger partial charge in [0.25, 0.3) is 0 Å². The number of benzene rings is 1. The Balaban J connectivity index is 3.01. The monoisotopic (exact) mass is 310 g/mol. The van der Waals surface area contributed by atoms with E-state index in [1.807, 2.05) is 6.07 Å². The first kappa shape index (κ1) is 17.1. The molecule has 6 nitrogen and oxygen atoms in total. The topological polar surface area (TPSA) is 98.5 Å². The van der Waals surface area contributed by atoms with E-state index < -0.39 is 21.9 Å². The van der Waals surface area contributed by atoms with E-state index in [4.69, 9.17) is 10.4 Å². The molecule has 0 aromatic heterocycles. The van der Waals surface area contributed by atoms with Crippen LogP contribution in [0, 0.1) is 17.2 Å². The van der Waals surface area contributed by atoms with Crippen LogP contribution in [-0.4, -0.2) is 36.9 Å². The van der Waals surface area contributed by atoms with Crippen LogP contribution in [-0.2, 0) is 21.2 Å². The molecular formula is C14H18N2O4S. The lowest BCUT2D eigenvalue weighted by Gasteiger charge is -2.22. The Kier molecular flexibility index (Phi) is 5.88. The highest BCUT2D eigenvalue weighted by Gasteiger charge is 2.26. The molecule has 0 aliphatic heterocycles. The quantitative estimate of drug-likeness (QED) is 0.822. The number of hydrogen-bond donors (Lipinski definition) is 1. The Labute approximate surface area is 124 Å². The third-order valence-corrected chi connectivity index (χ3v) is 5.05. The van der Waals surface area contributed by atoms with E-state index in [0.717, 1.165) is 9.87 Å². The number of carboxylic acid groups (broad SMARTS) is 1. The number of nitriles is 1. The molecule has 21 heavy (non-hydrogen) atoms. The maximum Gasteiger partial charge on any atom is 0.307 e. The van der Waals surface area contributed by atoms with Gasteiger partial charge >= 0.3 is 5.97 Å². The molecule has 1 aromatic rings. The van der Waals surface area contributed by atoms with Crippen molar-refractivity contribution in [2.45, 2.75) is 25.2 Å². The highest BCUT2D eigenvalue weighted by molar-refractivity contribution is 7.89. The zero-order valence-corrected chi connectivity index (χ0v) is 12.8. The Morgan fingerprint density at radius 2 is 1.95 bits per heavy atom. The van der Waals surface area contributed by atoms with Crippen LogP contribution in [0.3, 0.4) is 0 Å². The molecule has 0 amide bonds. The van der Waals surface area contributed by atoms with Crippen molar-refractivity contribution in [3.05, 3.63) is 29.8 Å². The van der Waals surface area contributed by atoms with Gasteiger partial charge in [-0.15, -0.1) is 0 Å². The maximum atomic E-state index is 12.5. The van der Waals surface area contributed by atoms with E-state index in [-0.39, 0.29) is 24.4 Å². The third kappa shape index (κ3) is 4.28. The first-order valence-corrected chi connectivity index (χ1v) is 7.95. The molecule has 0 heterocycles. The fourth-order valence-electron chi connectivity index (χ4n) is 1.80. The predicted molar refractivity (Wildman–Crippen MR) is 77.0 cm³/mol. The van der Waals surface area contributed by atoms with Crippen molar-refractivity contribution in [2.24, 2.45) is 5.92 Å². The van der Waals surface area contributed by atoms with Crippen LogP contribution in [0.5, 0.6) is 0 Å². The smallest absolute Gasteiger partial charge is 0.307 e. The molecule has 0 bridgehead atoms. The molecule has 7 heteroatoms. The van der Waals surface area contributed by atoms with E-state index in [1.165, 1.54) is 19.1 Å². The van der Waals surface area contributed by atoms with Gasteiger partial charge in [-0.25, -0.2) is 8.42 Å². The van der Waals surface area contributed by atoms with Gasteiger partial charge in [0.1, 0.15) is 0 Å². The summed E-state index contributed by atoms with van der Waals surface area (Å²) in [4.78, 5) is 11.0. The van der Waals surface area contributed by atoms with Crippen molar-refractivity contribution >= 4 is 16.0 Å². The van der Waals surface area contributed by atoms with Crippen molar-refractivity contribution in [1.82, 2.24) is 4.31 Å². The Morgan fingerprint density at radius 1 is 1.38 bits per heavy atom. The van der Waals surface area contributed by atoms with Crippen molar-refractivity contribution in [2.75, 3.05) is 13.1 Å². The molecule has 1 rings (SSSR count). The SMILES string of the molecule is CCN(CC(C)C(=O)O)S(=O)(=O)c1ccc(CC#N)cc1. The summed E-state index contributed by atoms with van der Waals surface area (Å²) in [6, 6.07) is 8.05. The number of sulfonamides is 1. The summed E-state index contributed by atoms with van der Waals surface area (Å²) in [7, 11) is -3.72. The van der Waals surface area contributed by atoms with Gasteiger partial charge in [0, 0.05) is 13.1 Å². The van der Waals surface area contributed by atoms with E-state index in [9.17, 15) is 13.2 Å². The normalized spacial score (nSPS) is 12.9. The number of hydrogen-bond acceptors (Lipinski definition) is 4. The van der Waals surface area contributed by atoms with Crippen molar-refractivity contribution in [3.8, 4) is 6.07 Å². The van der Waals surface area contributed by atoms with Gasteiger partial charge in [0.05, 0.1) is 23.3 Å². The molecule has 0 aliphatic rings. The standard InChI is InChI=1S/C14H18N2O4S/c1-3-16(10-11(2)14(17)18)21(19,20)13-6-4-12(5-7-13)8-9-15/h4-7,11H,3,8,10H2,1-2H3,(H,17,18). The molecule has 0 aliphatic carbocycles. The Bertz CT molecular complexity index is 632. The minimum atomic E-state index is -3.72. The number of carboxylic acids is 1. The second-order valence-corrected chi connectivity index (χ2v) is 6.61. The number of carbonyl (C=O) groups is 1. The van der Waals surface area contributed by atoms with Crippen LogP contribution >= 0.6 is 0 Å². The Morgan fingerprint density at radius 3 is 2.38 bits per heavy atom. The summed E-state index contributed by atoms with van der Waals surface area (Å²) >= 11 is 0. The second-order valence-electron chi connectivity index (χ2n) is 4.67. The summed E-state index contributed by atoms with van der Waals surface area (Å²) in [6.45, 7) is 3.25. The van der Waals surface area contributed by atoms with Gasteiger partial charge in [-0.05, 0) is 17.7 Å². The van der Waals surface area contributed by atoms with Gasteiger partial charge in [-0.2, -0.15) is 9.57 Å². The molecule has 0 spiro atoms. The molecule has 1 unspecified atom stereocenters. The lowest BCUT2D eigenvalue weighted by molar-refractivity contribution is -0.141. The average molecular weight is 310 g/mol. The lowest BCUT2D eigenvalue weighted by atomic mass is 10.2. The van der Waals surface area contributed by atoms with Crippen LogP contribution in [0.2, 0.25) is 0 Å². The first-order valence-electron chi connectivity index (χ1n) is 6.51. The summed E-state index contributed by atoms with van der Waals surface area (Å²) in [5, 5.41) is 17.5. The predicted octanol–water partition coefficient (Wildman–Crippen LogP) is 1.48. The van der Waals surface area contributed by atoms with E-state index >= 15 is 0 Å². The maximum absolute atomic E-state index is 12.5. The van der Waals surface area contributed by atoms with E-state index in [1.54, 1.807) is 19.1 Å². The third-order valence-electron chi connectivity index (χ3n) is 3.10. The van der Waals surface area contributed by atoms with Gasteiger partial charge < -0.3 is 5.11 Å². The highest BCUT2D eigenvalue weighted by Crippen LogP contribution is 2.18. The number of rotatable bonds is 7. The zero-order chi connectivity index (χ0) is 16.0. The van der Waals surface area contributed by atoms with Crippen molar-refractivity contribution in [1.29, 1.82) is 5.26 Å². The highest BCUT2D eigenvalue weighted by atomic mass is 32.2. The van der Waals surface area contributed by atoms with Gasteiger partial charge in [-0.3, -0.25) is 4.79 Å². The molecule has 1 aromatic carbocycles. The van der Waals surface area contributed by atoms with Crippen LogP contribution in [0.15, 0.2) is 29.2 Å². The van der Waals surface area contributed by atoms with Crippen LogP contribution in [0.4, 0.5) is 0 Å². The summed E-state index contributed by atoms with van der Waals surface area (Å²) in [5.41, 5.74) is 0.735. The molecule has 0 saturated heterocycles. The molecule has 0 saturated carbocycles. The van der Waals surface area contributed by atoms with Gasteiger partial charge in [-0.1, -0.05) is 26.0 Å². The first-order chi connectivity index (χ1) is 9.82. The molecule has 1 atom stereocenters. The fraction of sp³-hybridized carbons (Fsp3) is 0.429. The molecule has 0 radical (unpaired) electrons. The lowest BCUT2D eigenvalue weighted by Crippen LogP contribution is -2.36. The average Bonchev–Trinajstić information content (AvgIpc) is 2.45. The largest absolute Gasteiger partial charge is 0.481 e. The summed E-state index contributed by atoms with van der Waals surface area (Å²) in [5.74, 6) is -1.81. The van der Waals surface area contributed by atoms with Crippen LogP contribution in [0.1, 0.15) is 19.4 Å².